The van der Waals surface area contributed by atoms with Gasteiger partial charge in [-0.05, 0) is 32.3 Å². The fourth-order valence-electron chi connectivity index (χ4n) is 3.04. The van der Waals surface area contributed by atoms with Gasteiger partial charge in [0, 0.05) is 25.6 Å². The summed E-state index contributed by atoms with van der Waals surface area (Å²) in [6.45, 7) is 9.40. The van der Waals surface area contributed by atoms with E-state index in [4.69, 9.17) is 9.47 Å². The molecule has 2 aromatic rings. The van der Waals surface area contributed by atoms with Gasteiger partial charge >= 0.3 is 5.97 Å². The fourth-order valence-corrected chi connectivity index (χ4v) is 3.04. The van der Waals surface area contributed by atoms with Gasteiger partial charge in [0.1, 0.15) is 12.3 Å². The van der Waals surface area contributed by atoms with Crippen molar-refractivity contribution in [3.63, 3.8) is 0 Å². The van der Waals surface area contributed by atoms with Crippen molar-refractivity contribution in [3.8, 4) is 0 Å². The minimum atomic E-state index is -0.525. The summed E-state index contributed by atoms with van der Waals surface area (Å²) in [6, 6.07) is 1.89. The van der Waals surface area contributed by atoms with Crippen LogP contribution in [0.4, 0.5) is 11.4 Å². The molecule has 0 saturated heterocycles. The maximum atomic E-state index is 12.7. The number of rotatable bonds is 10. The maximum absolute atomic E-state index is 12.7. The lowest BCUT2D eigenvalue weighted by Gasteiger charge is -2.12. The molecule has 30 heavy (non-hydrogen) atoms. The molecule has 8 heteroatoms. The quantitative estimate of drug-likeness (QED) is 0.451. The minimum Gasteiger partial charge on any atom is -0.464 e. The number of hydrogen-bond donors (Lipinski definition) is 2. The van der Waals surface area contributed by atoms with Crippen molar-refractivity contribution in [2.45, 2.75) is 40.7 Å². The van der Waals surface area contributed by atoms with Crippen LogP contribution in [-0.2, 0) is 20.8 Å². The Morgan fingerprint density at radius 1 is 1.27 bits per heavy atom. The molecule has 0 unspecified atom stereocenters. The highest BCUT2D eigenvalue weighted by Gasteiger charge is 2.26. The van der Waals surface area contributed by atoms with Crippen LogP contribution < -0.4 is 10.6 Å². The Morgan fingerprint density at radius 3 is 2.60 bits per heavy atom. The first-order chi connectivity index (χ1) is 14.3. The van der Waals surface area contributed by atoms with E-state index in [0.29, 0.717) is 35.7 Å². The lowest BCUT2D eigenvalue weighted by Crippen LogP contribution is -2.20. The minimum absolute atomic E-state index is 0.120. The number of allylic oxidation sites excluding steroid dienone is 1. The Balaban J connectivity index is 2.61. The molecule has 0 aliphatic rings. The summed E-state index contributed by atoms with van der Waals surface area (Å²) in [7, 11) is 2.77. The summed E-state index contributed by atoms with van der Waals surface area (Å²) in [5, 5.41) is 6.78. The largest absolute Gasteiger partial charge is 0.464 e. The van der Waals surface area contributed by atoms with Gasteiger partial charge in [0.15, 0.2) is 5.69 Å². The van der Waals surface area contributed by atoms with Gasteiger partial charge in [0.25, 0.3) is 0 Å². The number of aromatic nitrogens is 2. The lowest BCUT2D eigenvalue weighted by molar-refractivity contribution is -0.119. The van der Waals surface area contributed by atoms with Gasteiger partial charge in [0.2, 0.25) is 5.91 Å². The van der Waals surface area contributed by atoms with Gasteiger partial charge in [-0.2, -0.15) is 0 Å². The van der Waals surface area contributed by atoms with E-state index in [9.17, 15) is 9.59 Å². The molecule has 0 fully saturated rings. The maximum Gasteiger partial charge on any atom is 0.356 e. The fraction of sp³-hybridized carbons (Fsp3) is 0.500. The first-order valence-electron chi connectivity index (χ1n) is 10.0. The van der Waals surface area contributed by atoms with Gasteiger partial charge < -0.3 is 24.7 Å². The monoisotopic (exact) mass is 416 g/mol. The van der Waals surface area contributed by atoms with Crippen molar-refractivity contribution in [3.05, 3.63) is 29.6 Å². The van der Waals surface area contributed by atoms with Crippen molar-refractivity contribution in [1.82, 2.24) is 9.55 Å². The van der Waals surface area contributed by atoms with Gasteiger partial charge in [0.05, 0.1) is 24.7 Å². The highest BCUT2D eigenvalue weighted by Crippen LogP contribution is 2.33. The van der Waals surface area contributed by atoms with E-state index in [1.54, 1.807) is 6.20 Å². The number of methoxy groups -OCH3 is 2. The number of carbonyl (C=O) groups is 2. The molecule has 0 aromatic carbocycles. The zero-order valence-corrected chi connectivity index (χ0v) is 18.7. The number of hydrogen-bond acceptors (Lipinski definition) is 6. The summed E-state index contributed by atoms with van der Waals surface area (Å²) in [5.74, 6) is -0.443. The third-order valence-electron chi connectivity index (χ3n) is 4.56. The smallest absolute Gasteiger partial charge is 0.356 e. The van der Waals surface area contributed by atoms with E-state index < -0.39 is 5.97 Å². The Labute approximate surface area is 177 Å². The highest BCUT2D eigenvalue weighted by atomic mass is 16.5. The normalized spacial score (nSPS) is 10.9. The number of anilines is 2. The molecule has 2 aromatic heterocycles. The van der Waals surface area contributed by atoms with E-state index in [1.165, 1.54) is 19.8 Å². The molecule has 164 valence electrons. The van der Waals surface area contributed by atoms with Gasteiger partial charge in [-0.25, -0.2) is 9.78 Å². The molecule has 0 aliphatic heterocycles. The van der Waals surface area contributed by atoms with Crippen LogP contribution in [0.5, 0.6) is 0 Å². The number of esters is 1. The Bertz CT molecular complexity index is 927. The molecule has 0 atom stereocenters. The van der Waals surface area contributed by atoms with Crippen molar-refractivity contribution in [1.29, 1.82) is 0 Å². The van der Waals surface area contributed by atoms with Crippen LogP contribution in [0.3, 0.4) is 0 Å². The first-order valence-corrected chi connectivity index (χ1v) is 10.0. The predicted molar refractivity (Wildman–Crippen MR) is 119 cm³/mol. The molecule has 2 heterocycles. The van der Waals surface area contributed by atoms with Crippen LogP contribution >= 0.6 is 0 Å². The average Bonchev–Trinajstić information content (AvgIpc) is 2.98. The Kier molecular flexibility index (Phi) is 8.41. The van der Waals surface area contributed by atoms with E-state index in [2.05, 4.69) is 35.5 Å². The van der Waals surface area contributed by atoms with E-state index in [0.717, 1.165) is 12.1 Å². The first kappa shape index (κ1) is 23.4. The number of ether oxygens (including phenoxy) is 2. The standard InChI is InChI=1S/C22H32N4O4/c1-14(2)7-9-23-16-11-17-19(25-18(27)13-29-5)20(22(28)30-6)26(10-8-15(3)4)21(17)24-12-16/h7,11-12,15,23H,8-10,13H2,1-6H3,(H,25,27). The van der Waals surface area contributed by atoms with Crippen molar-refractivity contribution < 1.29 is 19.1 Å². The summed E-state index contributed by atoms with van der Waals surface area (Å²) < 4.78 is 11.8. The third-order valence-corrected chi connectivity index (χ3v) is 4.56. The number of amides is 1. The van der Waals surface area contributed by atoms with Crippen LogP contribution in [0.25, 0.3) is 11.0 Å². The van der Waals surface area contributed by atoms with E-state index in [1.807, 2.05) is 24.5 Å². The van der Waals surface area contributed by atoms with Crippen LogP contribution in [0, 0.1) is 5.92 Å². The van der Waals surface area contributed by atoms with Gasteiger partial charge in [-0.15, -0.1) is 0 Å². The molecule has 0 saturated carbocycles. The van der Waals surface area contributed by atoms with Crippen molar-refractivity contribution >= 4 is 34.3 Å². The van der Waals surface area contributed by atoms with E-state index >= 15 is 0 Å². The Hall–Kier alpha value is -2.87. The Morgan fingerprint density at radius 2 is 2.00 bits per heavy atom. The molecule has 8 nitrogen and oxygen atoms in total. The SMILES string of the molecule is COCC(=O)Nc1c(C(=O)OC)n(CCC(C)C)c2ncc(NCC=C(C)C)cc12. The molecular weight excluding hydrogens is 384 g/mol. The van der Waals surface area contributed by atoms with Crippen LogP contribution in [0.2, 0.25) is 0 Å². The van der Waals surface area contributed by atoms with Crippen LogP contribution in [0.1, 0.15) is 44.6 Å². The third kappa shape index (κ3) is 5.82. The zero-order chi connectivity index (χ0) is 22.3. The van der Waals surface area contributed by atoms with Crippen LogP contribution in [-0.4, -0.2) is 48.8 Å². The highest BCUT2D eigenvalue weighted by molar-refractivity contribution is 6.11. The molecule has 0 bridgehead atoms. The molecule has 2 N–H and O–H groups in total. The number of nitrogens with zero attached hydrogens (tertiary/aromatic N) is 2. The summed E-state index contributed by atoms with van der Waals surface area (Å²) in [5.41, 5.74) is 3.29. The van der Waals surface area contributed by atoms with Gasteiger partial charge in [-0.1, -0.05) is 25.5 Å². The number of nitrogens with one attached hydrogen (secondary N) is 2. The number of pyridine rings is 1. The lowest BCUT2D eigenvalue weighted by atomic mass is 10.1. The number of carbonyl (C=O) groups excluding carboxylic acids is 2. The summed E-state index contributed by atoms with van der Waals surface area (Å²) >= 11 is 0. The molecule has 1 amide bonds. The number of fused-ring (bicyclic) bond motifs is 1. The van der Waals surface area contributed by atoms with Crippen molar-refractivity contribution in [2.75, 3.05) is 38.0 Å². The molecule has 2 rings (SSSR count). The second-order valence-corrected chi connectivity index (χ2v) is 7.79. The van der Waals surface area contributed by atoms with Crippen molar-refractivity contribution in [2.24, 2.45) is 5.92 Å². The topological polar surface area (TPSA) is 94.5 Å². The van der Waals surface area contributed by atoms with Crippen LogP contribution in [0.15, 0.2) is 23.9 Å². The average molecular weight is 417 g/mol. The molecule has 0 radical (unpaired) electrons. The zero-order valence-electron chi connectivity index (χ0n) is 18.7. The summed E-state index contributed by atoms with van der Waals surface area (Å²) in [6.07, 6.45) is 4.65. The molecule has 0 aliphatic carbocycles. The van der Waals surface area contributed by atoms with Gasteiger partial charge in [-0.3, -0.25) is 4.79 Å². The number of aryl methyl sites for hydroxylation is 1. The molecular formula is C22H32N4O4. The second kappa shape index (κ2) is 10.8. The summed E-state index contributed by atoms with van der Waals surface area (Å²) in [4.78, 5) is 29.5. The predicted octanol–water partition coefficient (Wildman–Crippen LogP) is 3.83. The van der Waals surface area contributed by atoms with E-state index in [-0.39, 0.29) is 18.2 Å². The second-order valence-electron chi connectivity index (χ2n) is 7.79. The molecule has 0 spiro atoms.